The molecule has 4 fully saturated rings. The van der Waals surface area contributed by atoms with Gasteiger partial charge in [0, 0.05) is 37.8 Å². The lowest BCUT2D eigenvalue weighted by Gasteiger charge is -2.48. The van der Waals surface area contributed by atoms with Crippen molar-refractivity contribution in [2.45, 2.75) is 186 Å². The van der Waals surface area contributed by atoms with E-state index in [4.69, 9.17) is 33.2 Å². The summed E-state index contributed by atoms with van der Waals surface area (Å²) in [7, 11) is 5.54. The molecule has 0 aromatic rings. The Bertz CT molecular complexity index is 1110. The van der Waals surface area contributed by atoms with Gasteiger partial charge in [-0.2, -0.15) is 0 Å². The van der Waals surface area contributed by atoms with Gasteiger partial charge in [-0.25, -0.2) is 0 Å². The van der Waals surface area contributed by atoms with Crippen LogP contribution in [0.1, 0.15) is 101 Å². The molecule has 4 aliphatic heterocycles. The van der Waals surface area contributed by atoms with Crippen molar-refractivity contribution in [2.75, 3.05) is 21.2 Å². The molecular weight excluding hydrogens is 634 g/mol. The average Bonchev–Trinajstić information content (AvgIpc) is 3.34. The fourth-order valence-corrected chi connectivity index (χ4v) is 9.25. The second-order valence-electron chi connectivity index (χ2n) is 16.8. The van der Waals surface area contributed by atoms with Crippen molar-refractivity contribution >= 4 is 5.97 Å². The fourth-order valence-electron chi connectivity index (χ4n) is 9.25. The SMILES string of the molecule is CC[C@H]1OC(=O)[C@H](C)[C@@H](O[C@H]2C[C@@](C)(OC)C[C@H](C)O2)[C@H](C)[C@@H](O[C@@H]2O[C@H](C)C[C@H](N(C)C)[C@H]2O)[C@@]2(C)C[C@H](C)[C@@H](O2)[C@H](C)[C@@H](O)[C@]1(C)O. The van der Waals surface area contributed by atoms with Crippen molar-refractivity contribution < 1.29 is 53.3 Å². The molecular formula is C37H67NO11. The van der Waals surface area contributed by atoms with E-state index < -0.39 is 89.7 Å². The van der Waals surface area contributed by atoms with Gasteiger partial charge in [0.2, 0.25) is 0 Å². The van der Waals surface area contributed by atoms with E-state index in [1.807, 2.05) is 67.5 Å². The average molecular weight is 702 g/mol. The maximum absolute atomic E-state index is 14.1. The minimum absolute atomic E-state index is 0.0262. The lowest BCUT2D eigenvalue weighted by Crippen LogP contribution is -2.59. The molecule has 18 atom stereocenters. The van der Waals surface area contributed by atoms with E-state index in [-0.39, 0.29) is 24.2 Å². The number of likely N-dealkylation sites (N-methyl/N-ethyl adjacent to an activating group) is 1. The number of carbonyl (C=O) groups excluding carboxylic acids is 1. The third-order valence-electron chi connectivity index (χ3n) is 12.1. The van der Waals surface area contributed by atoms with Crippen molar-refractivity contribution in [1.29, 1.82) is 0 Å². The van der Waals surface area contributed by atoms with E-state index in [0.29, 0.717) is 32.1 Å². The van der Waals surface area contributed by atoms with E-state index in [0.717, 1.165) is 0 Å². The van der Waals surface area contributed by atoms with Crippen LogP contribution >= 0.6 is 0 Å². The molecule has 12 nitrogen and oxygen atoms in total. The predicted octanol–water partition coefficient (Wildman–Crippen LogP) is 3.65. The predicted molar refractivity (Wildman–Crippen MR) is 183 cm³/mol. The van der Waals surface area contributed by atoms with Crippen LogP contribution in [0.4, 0.5) is 0 Å². The summed E-state index contributed by atoms with van der Waals surface area (Å²) in [6.07, 6.45) is -4.58. The molecule has 0 radical (unpaired) electrons. The molecule has 4 aliphatic rings. The summed E-state index contributed by atoms with van der Waals surface area (Å²) in [5.74, 6) is -2.47. The van der Waals surface area contributed by atoms with Crippen LogP contribution in [-0.2, 0) is 38.0 Å². The van der Waals surface area contributed by atoms with Gasteiger partial charge in [0.05, 0.1) is 53.7 Å². The lowest BCUT2D eigenvalue weighted by molar-refractivity contribution is -0.311. The van der Waals surface area contributed by atoms with Gasteiger partial charge in [0.1, 0.15) is 17.8 Å². The van der Waals surface area contributed by atoms with Gasteiger partial charge in [-0.1, -0.05) is 27.7 Å². The normalized spacial score (nSPS) is 51.9. The van der Waals surface area contributed by atoms with Crippen molar-refractivity contribution in [3.05, 3.63) is 0 Å². The van der Waals surface area contributed by atoms with Gasteiger partial charge in [-0.3, -0.25) is 4.79 Å². The number of nitrogens with zero attached hydrogens (tertiary/aromatic N) is 1. The Morgan fingerprint density at radius 1 is 0.918 bits per heavy atom. The summed E-state index contributed by atoms with van der Waals surface area (Å²) in [5.41, 5.74) is -3.20. The van der Waals surface area contributed by atoms with Crippen molar-refractivity contribution in [3.8, 4) is 0 Å². The number of aliphatic hydroxyl groups excluding tert-OH is 2. The van der Waals surface area contributed by atoms with Crippen LogP contribution in [0.15, 0.2) is 0 Å². The van der Waals surface area contributed by atoms with Gasteiger partial charge in [-0.15, -0.1) is 0 Å². The Kier molecular flexibility index (Phi) is 13.0. The zero-order valence-electron chi connectivity index (χ0n) is 32.3. The molecule has 0 aromatic carbocycles. The molecule has 0 unspecified atom stereocenters. The van der Waals surface area contributed by atoms with Gasteiger partial charge in [-0.05, 0) is 80.8 Å². The molecule has 4 heterocycles. The first kappa shape index (κ1) is 40.8. The second kappa shape index (κ2) is 15.6. The van der Waals surface area contributed by atoms with Crippen LogP contribution in [0.25, 0.3) is 0 Å². The number of ether oxygens (including phenoxy) is 7. The summed E-state index contributed by atoms with van der Waals surface area (Å²) in [6, 6.07) is -0.198. The maximum Gasteiger partial charge on any atom is 0.311 e. The highest BCUT2D eigenvalue weighted by Gasteiger charge is 2.57. The first-order chi connectivity index (χ1) is 22.7. The number of cyclic esters (lactones) is 1. The van der Waals surface area contributed by atoms with Gasteiger partial charge in [0.25, 0.3) is 0 Å². The van der Waals surface area contributed by atoms with E-state index >= 15 is 0 Å². The highest BCUT2D eigenvalue weighted by atomic mass is 16.7. The maximum atomic E-state index is 14.1. The monoisotopic (exact) mass is 701 g/mol. The molecule has 0 aromatic heterocycles. The number of hydrogen-bond acceptors (Lipinski definition) is 12. The third-order valence-corrected chi connectivity index (χ3v) is 12.1. The molecule has 2 bridgehead atoms. The minimum Gasteiger partial charge on any atom is -0.459 e. The summed E-state index contributed by atoms with van der Waals surface area (Å²) in [4.78, 5) is 16.1. The van der Waals surface area contributed by atoms with Crippen LogP contribution in [0, 0.1) is 23.7 Å². The molecule has 4 rings (SSSR count). The van der Waals surface area contributed by atoms with E-state index in [1.165, 1.54) is 6.92 Å². The van der Waals surface area contributed by atoms with Crippen molar-refractivity contribution in [2.24, 2.45) is 23.7 Å². The number of methoxy groups -OCH3 is 1. The Balaban J connectivity index is 1.83. The molecule has 12 heteroatoms. The number of hydrogen-bond donors (Lipinski definition) is 3. The standard InChI is InChI=1S/C37H67NO11/c1-14-26-37(10,42)31(40)22(5)29-19(2)16-36(9,49-29)32(48-34-28(39)25(38(11)12)15-20(3)45-34)23(6)30(24(7)33(41)46-26)47-27-18-35(8,43-13)17-21(4)44-27/h19-32,34,39-40,42H,14-18H2,1-13H3/t19-,20+,21-,22-,23-,24+,25-,26+,27-,28+,29+,30-,31+,32+,34-,35-,36+,37+/m0/s1. The van der Waals surface area contributed by atoms with Gasteiger partial charge >= 0.3 is 5.97 Å². The van der Waals surface area contributed by atoms with Crippen LogP contribution < -0.4 is 0 Å². The Hall–Kier alpha value is -0.930. The quantitative estimate of drug-likeness (QED) is 0.333. The van der Waals surface area contributed by atoms with Crippen LogP contribution in [0.2, 0.25) is 0 Å². The van der Waals surface area contributed by atoms with Crippen molar-refractivity contribution in [1.82, 2.24) is 4.90 Å². The molecule has 0 spiro atoms. The number of rotatable bonds is 7. The number of aliphatic hydroxyl groups is 3. The summed E-state index contributed by atoms with van der Waals surface area (Å²) >= 11 is 0. The molecule has 4 saturated heterocycles. The second-order valence-corrected chi connectivity index (χ2v) is 16.8. The zero-order chi connectivity index (χ0) is 36.8. The van der Waals surface area contributed by atoms with Crippen LogP contribution in [0.5, 0.6) is 0 Å². The smallest absolute Gasteiger partial charge is 0.311 e. The summed E-state index contributed by atoms with van der Waals surface area (Å²) in [5, 5.41) is 35.0. The third kappa shape index (κ3) is 8.50. The number of fused-ring (bicyclic) bond motifs is 2. The highest BCUT2D eigenvalue weighted by Crippen LogP contribution is 2.48. The van der Waals surface area contributed by atoms with Crippen LogP contribution in [-0.4, -0.2) is 132 Å². The fraction of sp³-hybridized carbons (Fsp3) is 0.973. The molecule has 0 aliphatic carbocycles. The number of carbonyl (C=O) groups is 1. The van der Waals surface area contributed by atoms with Crippen LogP contribution in [0.3, 0.4) is 0 Å². The molecule has 3 N–H and O–H groups in total. The number of esters is 1. The van der Waals surface area contributed by atoms with Gasteiger partial charge in [0.15, 0.2) is 12.6 Å². The van der Waals surface area contributed by atoms with E-state index in [9.17, 15) is 20.1 Å². The Morgan fingerprint density at radius 2 is 1.57 bits per heavy atom. The van der Waals surface area contributed by atoms with E-state index in [1.54, 1.807) is 14.0 Å². The largest absolute Gasteiger partial charge is 0.459 e. The topological polar surface area (TPSA) is 146 Å². The van der Waals surface area contributed by atoms with Gasteiger partial charge < -0.3 is 53.4 Å². The molecule has 0 saturated carbocycles. The summed E-state index contributed by atoms with van der Waals surface area (Å²) in [6.45, 7) is 19.0. The van der Waals surface area contributed by atoms with Crippen molar-refractivity contribution in [3.63, 3.8) is 0 Å². The first-order valence-electron chi connectivity index (χ1n) is 18.5. The molecule has 0 amide bonds. The highest BCUT2D eigenvalue weighted by molar-refractivity contribution is 5.73. The lowest BCUT2D eigenvalue weighted by atomic mass is 9.76. The first-order valence-corrected chi connectivity index (χ1v) is 18.5. The minimum atomic E-state index is -1.75. The zero-order valence-corrected chi connectivity index (χ0v) is 32.3. The molecule has 49 heavy (non-hydrogen) atoms. The Labute approximate surface area is 294 Å². The summed E-state index contributed by atoms with van der Waals surface area (Å²) < 4.78 is 45.3. The Morgan fingerprint density at radius 3 is 2.16 bits per heavy atom. The molecule has 286 valence electrons. The van der Waals surface area contributed by atoms with E-state index in [2.05, 4.69) is 6.92 Å².